The van der Waals surface area contributed by atoms with Crippen LogP contribution in [0.3, 0.4) is 0 Å². The first kappa shape index (κ1) is 31.4. The summed E-state index contributed by atoms with van der Waals surface area (Å²) in [5.74, 6) is 0.473. The average Bonchev–Trinajstić information content (AvgIpc) is 3.60. The number of amides is 2. The summed E-state index contributed by atoms with van der Waals surface area (Å²) in [5.41, 5.74) is 5.31. The van der Waals surface area contributed by atoms with Crippen LogP contribution in [0.5, 0.6) is 0 Å². The molecule has 0 saturated carbocycles. The summed E-state index contributed by atoms with van der Waals surface area (Å²) in [6, 6.07) is 23.9. The molecule has 0 aliphatic heterocycles. The molecule has 0 spiro atoms. The number of carbonyl (C=O) groups excluding carboxylic acids is 2. The summed E-state index contributed by atoms with van der Waals surface area (Å²) in [6.45, 7) is 2.04. The Bertz CT molecular complexity index is 1780. The first-order chi connectivity index (χ1) is 21.9. The van der Waals surface area contributed by atoms with E-state index in [2.05, 4.69) is 41.1 Å². The quantitative estimate of drug-likeness (QED) is 0.128. The Labute approximate surface area is 269 Å². The van der Waals surface area contributed by atoms with E-state index in [1.54, 1.807) is 48.2 Å². The number of hydrogen-bond acceptors (Lipinski definition) is 9. The predicted octanol–water partition coefficient (Wildman–Crippen LogP) is 6.18. The number of benzene rings is 3. The van der Waals surface area contributed by atoms with Crippen molar-refractivity contribution in [1.29, 1.82) is 0 Å². The number of rotatable bonds is 11. The number of nitrogens with zero attached hydrogens (tertiary/aromatic N) is 6. The first-order valence-corrected chi connectivity index (χ1v) is 15.3. The van der Waals surface area contributed by atoms with Gasteiger partial charge in [-0.05, 0) is 76.2 Å². The first-order valence-electron chi connectivity index (χ1n) is 13.9. The molecule has 2 heterocycles. The highest BCUT2D eigenvalue weighted by Gasteiger charge is 2.20. The largest absolute Gasteiger partial charge is 0.453 e. The molecular formula is C32H29ClN8O3S. The molecule has 0 radical (unpaired) electrons. The number of carbonyl (C=O) groups is 2. The van der Waals surface area contributed by atoms with Crippen LogP contribution in [0.15, 0.2) is 96.3 Å². The van der Waals surface area contributed by atoms with Crippen molar-refractivity contribution in [1.82, 2.24) is 35.7 Å². The van der Waals surface area contributed by atoms with E-state index in [1.165, 1.54) is 24.2 Å². The highest BCUT2D eigenvalue weighted by Crippen LogP contribution is 2.32. The lowest BCUT2D eigenvalue weighted by Gasteiger charge is -2.19. The third-order valence-electron chi connectivity index (χ3n) is 6.64. The number of halogens is 1. The molecule has 3 aromatic carbocycles. The summed E-state index contributed by atoms with van der Waals surface area (Å²) < 4.78 is 6.18. The molecule has 2 amide bonds. The average molecular weight is 641 g/mol. The fourth-order valence-corrected chi connectivity index (χ4v) is 5.41. The zero-order valence-electron chi connectivity index (χ0n) is 24.4. The van der Waals surface area contributed by atoms with Crippen LogP contribution >= 0.6 is 23.4 Å². The van der Waals surface area contributed by atoms with E-state index in [-0.39, 0.29) is 5.91 Å². The van der Waals surface area contributed by atoms with Gasteiger partial charge in [0.2, 0.25) is 5.91 Å². The normalized spacial score (nSPS) is 11.7. The Morgan fingerprint density at radius 1 is 1.04 bits per heavy atom. The van der Waals surface area contributed by atoms with Crippen molar-refractivity contribution in [2.45, 2.75) is 24.4 Å². The molecule has 0 bridgehead atoms. The molecule has 0 aliphatic carbocycles. The summed E-state index contributed by atoms with van der Waals surface area (Å²) in [7, 11) is 1.31. The summed E-state index contributed by atoms with van der Waals surface area (Å²) in [6.07, 6.45) is 4.52. The van der Waals surface area contributed by atoms with Crippen LogP contribution in [0.1, 0.15) is 29.8 Å². The third kappa shape index (κ3) is 8.31. The minimum atomic E-state index is -0.548. The van der Waals surface area contributed by atoms with Gasteiger partial charge in [0.05, 0.1) is 24.5 Å². The molecule has 0 fully saturated rings. The molecule has 1 atom stereocenters. The molecule has 0 aliphatic rings. The van der Waals surface area contributed by atoms with Gasteiger partial charge in [-0.3, -0.25) is 10.1 Å². The highest BCUT2D eigenvalue weighted by molar-refractivity contribution is 7.99. The zero-order chi connectivity index (χ0) is 31.6. The summed E-state index contributed by atoms with van der Waals surface area (Å²) in [4.78, 5) is 25.0. The van der Waals surface area contributed by atoms with Gasteiger partial charge in [0.25, 0.3) is 0 Å². The second-order valence-corrected chi connectivity index (χ2v) is 11.3. The third-order valence-corrected chi connectivity index (χ3v) is 7.74. The maximum atomic E-state index is 13.4. The van der Waals surface area contributed by atoms with E-state index in [4.69, 9.17) is 11.6 Å². The van der Waals surface area contributed by atoms with Crippen LogP contribution in [0, 0.1) is 0 Å². The van der Waals surface area contributed by atoms with E-state index in [9.17, 15) is 9.59 Å². The zero-order valence-corrected chi connectivity index (χ0v) is 26.0. The molecule has 2 aromatic heterocycles. The monoisotopic (exact) mass is 640 g/mol. The number of ether oxygens (including phenoxy) is 1. The Hall–Kier alpha value is -5.07. The van der Waals surface area contributed by atoms with Gasteiger partial charge in [-0.1, -0.05) is 61.0 Å². The number of thioether (sulfide) groups is 1. The summed E-state index contributed by atoms with van der Waals surface area (Å²) in [5, 5.41) is 27.5. The van der Waals surface area contributed by atoms with Crippen molar-refractivity contribution in [2.75, 3.05) is 18.2 Å². The second kappa shape index (κ2) is 15.1. The SMILES string of the molecule is CCSc1nnc([C@H](Cc2ccccc2)NC(=O)C=Cc2cc(Cl)ccc2-n2cnnn2)cc1-c1ccc(NC(=O)OC)cc1. The van der Waals surface area contributed by atoms with Crippen molar-refractivity contribution < 1.29 is 14.3 Å². The van der Waals surface area contributed by atoms with Gasteiger partial charge in [0.15, 0.2) is 0 Å². The van der Waals surface area contributed by atoms with Crippen LogP contribution < -0.4 is 10.6 Å². The molecule has 0 unspecified atom stereocenters. The second-order valence-electron chi connectivity index (χ2n) is 9.66. The molecule has 13 heteroatoms. The van der Waals surface area contributed by atoms with Gasteiger partial charge >= 0.3 is 6.09 Å². The number of methoxy groups -OCH3 is 1. The lowest BCUT2D eigenvalue weighted by Crippen LogP contribution is -2.29. The maximum absolute atomic E-state index is 13.4. The van der Waals surface area contributed by atoms with Gasteiger partial charge in [-0.2, -0.15) is 9.78 Å². The van der Waals surface area contributed by atoms with Crippen LogP contribution in [-0.2, 0) is 16.0 Å². The minimum Gasteiger partial charge on any atom is -0.453 e. The minimum absolute atomic E-state index is 0.327. The van der Waals surface area contributed by atoms with Gasteiger partial charge in [0.1, 0.15) is 11.4 Å². The Morgan fingerprint density at radius 2 is 1.84 bits per heavy atom. The summed E-state index contributed by atoms with van der Waals surface area (Å²) >= 11 is 7.82. The number of hydrogen-bond donors (Lipinski definition) is 2. The van der Waals surface area contributed by atoms with Gasteiger partial charge in [-0.25, -0.2) is 4.79 Å². The Balaban J connectivity index is 1.45. The molecule has 0 saturated heterocycles. The predicted molar refractivity (Wildman–Crippen MR) is 174 cm³/mol. The van der Waals surface area contributed by atoms with Gasteiger partial charge < -0.3 is 10.1 Å². The van der Waals surface area contributed by atoms with Gasteiger partial charge in [0, 0.05) is 27.9 Å². The van der Waals surface area contributed by atoms with Crippen molar-refractivity contribution in [3.8, 4) is 16.8 Å². The van der Waals surface area contributed by atoms with Crippen LogP contribution in [0.25, 0.3) is 22.9 Å². The van der Waals surface area contributed by atoms with E-state index in [1.807, 2.05) is 55.5 Å². The van der Waals surface area contributed by atoms with Crippen LogP contribution in [0.2, 0.25) is 5.02 Å². The molecular weight excluding hydrogens is 612 g/mol. The van der Waals surface area contributed by atoms with E-state index >= 15 is 0 Å². The van der Waals surface area contributed by atoms with Crippen molar-refractivity contribution >= 4 is 47.1 Å². The fourth-order valence-electron chi connectivity index (χ4n) is 4.52. The molecule has 45 heavy (non-hydrogen) atoms. The molecule has 11 nitrogen and oxygen atoms in total. The van der Waals surface area contributed by atoms with Gasteiger partial charge in [-0.15, -0.1) is 22.0 Å². The van der Waals surface area contributed by atoms with E-state index in [0.717, 1.165) is 27.5 Å². The number of anilines is 1. The fraction of sp³-hybridized carbons (Fsp3) is 0.156. The van der Waals surface area contributed by atoms with Crippen molar-refractivity contribution in [3.05, 3.63) is 113 Å². The van der Waals surface area contributed by atoms with Crippen LogP contribution in [0.4, 0.5) is 10.5 Å². The van der Waals surface area contributed by atoms with E-state index < -0.39 is 12.1 Å². The highest BCUT2D eigenvalue weighted by atomic mass is 35.5. The number of nitrogens with one attached hydrogen (secondary N) is 2. The van der Waals surface area contributed by atoms with Crippen molar-refractivity contribution in [3.63, 3.8) is 0 Å². The topological polar surface area (TPSA) is 137 Å². The smallest absolute Gasteiger partial charge is 0.411 e. The number of aromatic nitrogens is 6. The number of tetrazole rings is 1. The molecule has 228 valence electrons. The maximum Gasteiger partial charge on any atom is 0.411 e. The lowest BCUT2D eigenvalue weighted by atomic mass is 10.00. The van der Waals surface area contributed by atoms with E-state index in [0.29, 0.717) is 34.1 Å². The van der Waals surface area contributed by atoms with Crippen molar-refractivity contribution in [2.24, 2.45) is 0 Å². The molecule has 5 aromatic rings. The van der Waals surface area contributed by atoms with Crippen LogP contribution in [-0.4, -0.2) is 55.3 Å². The molecule has 5 rings (SSSR count). The Morgan fingerprint density at radius 3 is 2.56 bits per heavy atom. The lowest BCUT2D eigenvalue weighted by molar-refractivity contribution is -0.117. The molecule has 2 N–H and O–H groups in total. The Kier molecular flexibility index (Phi) is 10.5. The standard InChI is InChI=1S/C32H29ClN8O3S/c1-3-45-31-26(22-9-13-25(14-10-22)35-32(43)44-2)19-28(37-38-31)27(17-21-7-5-4-6-8-21)36-30(42)16-11-23-18-24(33)12-15-29(23)41-20-34-39-40-41/h4-16,18-20,27H,3,17H2,1-2H3,(H,35,43)(H,36,42)/t27-/m0/s1.